The summed E-state index contributed by atoms with van der Waals surface area (Å²) in [6.07, 6.45) is 3.74. The number of piperidine rings is 1. The van der Waals surface area contributed by atoms with Crippen LogP contribution in [0.3, 0.4) is 0 Å². The van der Waals surface area contributed by atoms with Gasteiger partial charge in [0.15, 0.2) is 0 Å². The fourth-order valence-electron chi connectivity index (χ4n) is 2.74. The molecule has 2 rings (SSSR count). The van der Waals surface area contributed by atoms with Gasteiger partial charge in [-0.2, -0.15) is 0 Å². The summed E-state index contributed by atoms with van der Waals surface area (Å²) in [6.45, 7) is 6.51. The zero-order valence-electron chi connectivity index (χ0n) is 12.1. The van der Waals surface area contributed by atoms with Crippen LogP contribution in [-0.4, -0.2) is 18.9 Å². The molecule has 1 aliphatic heterocycles. The molecule has 0 bridgehead atoms. The second-order valence-electron chi connectivity index (χ2n) is 6.03. The van der Waals surface area contributed by atoms with Crippen LogP contribution in [0.15, 0.2) is 24.3 Å². The molecule has 1 fully saturated rings. The maximum absolute atomic E-state index is 12.1. The Labute approximate surface area is 116 Å². The molecule has 0 spiro atoms. The zero-order valence-corrected chi connectivity index (χ0v) is 12.1. The van der Waals surface area contributed by atoms with Gasteiger partial charge in [0.05, 0.1) is 0 Å². The van der Waals surface area contributed by atoms with Crippen LogP contribution < -0.4 is 5.32 Å². The molecule has 1 unspecified atom stereocenters. The summed E-state index contributed by atoms with van der Waals surface area (Å²) in [7, 11) is 0. The van der Waals surface area contributed by atoms with E-state index in [1.54, 1.807) is 0 Å². The summed E-state index contributed by atoms with van der Waals surface area (Å²) in [4.78, 5) is 12.1. The van der Waals surface area contributed by atoms with E-state index in [9.17, 15) is 4.79 Å². The van der Waals surface area contributed by atoms with Crippen LogP contribution in [0.4, 0.5) is 0 Å². The minimum Gasteiger partial charge on any atom is -0.316 e. The van der Waals surface area contributed by atoms with E-state index < -0.39 is 0 Å². The lowest BCUT2D eigenvalue weighted by Gasteiger charge is -2.21. The van der Waals surface area contributed by atoms with Crippen molar-refractivity contribution in [2.75, 3.05) is 13.1 Å². The fraction of sp³-hybridized carbons (Fsp3) is 0.588. The number of hydrogen-bond acceptors (Lipinski definition) is 2. The molecule has 19 heavy (non-hydrogen) atoms. The smallest absolute Gasteiger partial charge is 0.137 e. The van der Waals surface area contributed by atoms with Crippen molar-refractivity contribution in [2.45, 2.75) is 45.4 Å². The highest BCUT2D eigenvalue weighted by atomic mass is 16.1. The summed E-state index contributed by atoms with van der Waals surface area (Å²) in [5.74, 6) is 1.49. The highest BCUT2D eigenvalue weighted by molar-refractivity contribution is 5.81. The first kappa shape index (κ1) is 14.3. The average Bonchev–Trinajstić information content (AvgIpc) is 2.40. The first-order valence-electron chi connectivity index (χ1n) is 7.46. The van der Waals surface area contributed by atoms with E-state index in [-0.39, 0.29) is 0 Å². The number of hydrogen-bond donors (Lipinski definition) is 1. The van der Waals surface area contributed by atoms with Gasteiger partial charge < -0.3 is 5.32 Å². The van der Waals surface area contributed by atoms with Crippen molar-refractivity contribution in [3.63, 3.8) is 0 Å². The van der Waals surface area contributed by atoms with E-state index in [0.717, 1.165) is 25.1 Å². The standard InChI is InChI=1S/C17H25NO/c1-13(2)16-7-5-14(6-8-16)10-17(19)11-15-4-3-9-18-12-15/h5-8,13,15,18H,3-4,9-12H2,1-2H3. The van der Waals surface area contributed by atoms with Crippen LogP contribution in [0.5, 0.6) is 0 Å². The van der Waals surface area contributed by atoms with E-state index >= 15 is 0 Å². The van der Waals surface area contributed by atoms with Gasteiger partial charge in [-0.25, -0.2) is 0 Å². The minimum atomic E-state index is 0.381. The Balaban J connectivity index is 1.84. The van der Waals surface area contributed by atoms with Gasteiger partial charge in [-0.15, -0.1) is 0 Å². The van der Waals surface area contributed by atoms with Gasteiger partial charge in [0.25, 0.3) is 0 Å². The molecule has 2 heteroatoms. The predicted molar refractivity (Wildman–Crippen MR) is 79.5 cm³/mol. The van der Waals surface area contributed by atoms with Crippen LogP contribution >= 0.6 is 0 Å². The van der Waals surface area contributed by atoms with E-state index in [1.807, 2.05) is 0 Å². The average molecular weight is 259 g/mol. The quantitative estimate of drug-likeness (QED) is 0.879. The monoisotopic (exact) mass is 259 g/mol. The molecule has 1 atom stereocenters. The Kier molecular flexibility index (Phi) is 5.15. The molecule has 0 radical (unpaired) electrons. The normalized spacial score (nSPS) is 19.6. The number of carbonyl (C=O) groups is 1. The molecule has 2 nitrogen and oxygen atoms in total. The fourth-order valence-corrected chi connectivity index (χ4v) is 2.74. The zero-order chi connectivity index (χ0) is 13.7. The summed E-state index contributed by atoms with van der Waals surface area (Å²) in [6, 6.07) is 8.50. The second kappa shape index (κ2) is 6.85. The number of carbonyl (C=O) groups excluding carboxylic acids is 1. The van der Waals surface area contributed by atoms with Gasteiger partial charge in [0, 0.05) is 12.8 Å². The number of nitrogens with one attached hydrogen (secondary N) is 1. The number of ketones is 1. The van der Waals surface area contributed by atoms with Crippen LogP contribution in [0.1, 0.15) is 50.2 Å². The predicted octanol–water partition coefficient (Wildman–Crippen LogP) is 3.31. The summed E-state index contributed by atoms with van der Waals surface area (Å²) >= 11 is 0. The highest BCUT2D eigenvalue weighted by Crippen LogP contribution is 2.18. The van der Waals surface area contributed by atoms with Gasteiger partial charge in [0.1, 0.15) is 5.78 Å². The van der Waals surface area contributed by atoms with Crippen molar-refractivity contribution in [1.29, 1.82) is 0 Å². The molecular formula is C17H25NO. The molecule has 0 aliphatic carbocycles. The molecule has 0 amide bonds. The van der Waals surface area contributed by atoms with Crippen molar-refractivity contribution in [1.82, 2.24) is 5.32 Å². The number of rotatable bonds is 5. The van der Waals surface area contributed by atoms with Crippen LogP contribution in [0, 0.1) is 5.92 Å². The van der Waals surface area contributed by atoms with Gasteiger partial charge in [-0.1, -0.05) is 38.1 Å². The Bertz CT molecular complexity index is 402. The third-order valence-corrected chi connectivity index (χ3v) is 3.96. The third-order valence-electron chi connectivity index (χ3n) is 3.96. The maximum atomic E-state index is 12.1. The van der Waals surface area contributed by atoms with E-state index in [1.165, 1.54) is 18.4 Å². The number of benzene rings is 1. The van der Waals surface area contributed by atoms with E-state index in [2.05, 4.69) is 43.4 Å². The molecule has 1 aromatic carbocycles. The SMILES string of the molecule is CC(C)c1ccc(CC(=O)CC2CCCNC2)cc1. The molecule has 0 saturated carbocycles. The highest BCUT2D eigenvalue weighted by Gasteiger charge is 2.16. The maximum Gasteiger partial charge on any atom is 0.137 e. The lowest BCUT2D eigenvalue weighted by Crippen LogP contribution is -2.31. The third kappa shape index (κ3) is 4.46. The Morgan fingerprint density at radius 3 is 2.63 bits per heavy atom. The van der Waals surface area contributed by atoms with Gasteiger partial charge >= 0.3 is 0 Å². The first-order valence-corrected chi connectivity index (χ1v) is 7.46. The lowest BCUT2D eigenvalue weighted by atomic mass is 9.92. The van der Waals surface area contributed by atoms with Gasteiger partial charge in [0.2, 0.25) is 0 Å². The topological polar surface area (TPSA) is 29.1 Å². The molecular weight excluding hydrogens is 234 g/mol. The van der Waals surface area contributed by atoms with Gasteiger partial charge in [-0.3, -0.25) is 4.79 Å². The van der Waals surface area contributed by atoms with E-state index in [0.29, 0.717) is 24.0 Å². The molecule has 0 aromatic heterocycles. The summed E-state index contributed by atoms with van der Waals surface area (Å²) in [5, 5.41) is 3.37. The summed E-state index contributed by atoms with van der Waals surface area (Å²) in [5.41, 5.74) is 2.49. The molecule has 1 aromatic rings. The Morgan fingerprint density at radius 1 is 1.32 bits per heavy atom. The van der Waals surface area contributed by atoms with Crippen molar-refractivity contribution < 1.29 is 4.79 Å². The lowest BCUT2D eigenvalue weighted by molar-refractivity contribution is -0.119. The minimum absolute atomic E-state index is 0.381. The largest absolute Gasteiger partial charge is 0.316 e. The number of Topliss-reactive ketones (excluding diaryl/α,β-unsaturated/α-hetero) is 1. The Hall–Kier alpha value is -1.15. The molecule has 104 valence electrons. The van der Waals surface area contributed by atoms with Crippen molar-refractivity contribution in [3.05, 3.63) is 35.4 Å². The van der Waals surface area contributed by atoms with Gasteiger partial charge in [-0.05, 0) is 48.9 Å². The van der Waals surface area contributed by atoms with E-state index in [4.69, 9.17) is 0 Å². The Morgan fingerprint density at radius 2 is 2.05 bits per heavy atom. The molecule has 1 aliphatic rings. The molecule has 1 saturated heterocycles. The second-order valence-corrected chi connectivity index (χ2v) is 6.03. The van der Waals surface area contributed by atoms with Crippen molar-refractivity contribution in [2.24, 2.45) is 5.92 Å². The molecule has 1 N–H and O–H groups in total. The van der Waals surface area contributed by atoms with Crippen molar-refractivity contribution >= 4 is 5.78 Å². The van der Waals surface area contributed by atoms with Crippen LogP contribution in [-0.2, 0) is 11.2 Å². The molecule has 1 heterocycles. The first-order chi connectivity index (χ1) is 9.15. The van der Waals surface area contributed by atoms with Crippen molar-refractivity contribution in [3.8, 4) is 0 Å². The van der Waals surface area contributed by atoms with Crippen LogP contribution in [0.2, 0.25) is 0 Å². The van der Waals surface area contributed by atoms with Crippen LogP contribution in [0.25, 0.3) is 0 Å². The summed E-state index contributed by atoms with van der Waals surface area (Å²) < 4.78 is 0.